The third-order valence-corrected chi connectivity index (χ3v) is 18.8. The van der Waals surface area contributed by atoms with Crippen LogP contribution in [0.15, 0.2) is 23.3 Å². The van der Waals surface area contributed by atoms with Crippen LogP contribution in [0.1, 0.15) is 144 Å². The highest BCUT2D eigenvalue weighted by Gasteiger charge is 2.61. The number of hydrogen-bond acceptors (Lipinski definition) is 5. The summed E-state index contributed by atoms with van der Waals surface area (Å²) in [6.45, 7) is 13.3. The van der Waals surface area contributed by atoms with Gasteiger partial charge in [0.1, 0.15) is 11.6 Å². The lowest BCUT2D eigenvalue weighted by molar-refractivity contribution is -0.128. The van der Waals surface area contributed by atoms with Gasteiger partial charge in [0.25, 0.3) is 0 Å². The Morgan fingerprint density at radius 1 is 0.633 bits per heavy atom. The van der Waals surface area contributed by atoms with Crippen LogP contribution < -0.4 is 0 Å². The van der Waals surface area contributed by atoms with Crippen LogP contribution in [0.4, 0.5) is 0 Å². The number of ketones is 2. The first-order valence-corrected chi connectivity index (χ1v) is 21.7. The van der Waals surface area contributed by atoms with E-state index in [1.165, 1.54) is 36.8 Å². The van der Waals surface area contributed by atoms with Crippen LogP contribution in [0.2, 0.25) is 0 Å². The molecule has 49 heavy (non-hydrogen) atoms. The predicted octanol–water partition coefficient (Wildman–Crippen LogP) is 10.2. The lowest BCUT2D eigenvalue weighted by atomic mass is 9.47. The first-order valence-electron chi connectivity index (χ1n) is 20.2. The van der Waals surface area contributed by atoms with Gasteiger partial charge in [-0.2, -0.15) is 0 Å². The van der Waals surface area contributed by atoms with Crippen LogP contribution in [-0.2, 0) is 23.2 Å². The molecule has 14 atom stereocenters. The number of carbonyl (C=O) groups excluding carboxylic acids is 2. The minimum absolute atomic E-state index is 0.111. The maximum Gasteiger partial charge on any atom is 0.472 e. The molecule has 6 fully saturated rings. The van der Waals surface area contributed by atoms with E-state index in [1.54, 1.807) is 13.8 Å². The molecule has 0 amide bonds. The van der Waals surface area contributed by atoms with Gasteiger partial charge in [-0.3, -0.25) is 18.6 Å². The highest BCUT2D eigenvalue weighted by molar-refractivity contribution is 7.47. The molecule has 0 aromatic rings. The van der Waals surface area contributed by atoms with Gasteiger partial charge in [-0.25, -0.2) is 4.57 Å². The van der Waals surface area contributed by atoms with Gasteiger partial charge >= 0.3 is 7.82 Å². The van der Waals surface area contributed by atoms with Crippen LogP contribution in [0.3, 0.4) is 0 Å². The van der Waals surface area contributed by atoms with Crippen molar-refractivity contribution in [2.45, 2.75) is 156 Å². The van der Waals surface area contributed by atoms with Gasteiger partial charge in [0, 0.05) is 11.8 Å². The van der Waals surface area contributed by atoms with Crippen LogP contribution in [0.5, 0.6) is 0 Å². The number of Topliss-reactive ketones (excluding diaryl/α,β-unsaturated/α-hetero) is 2. The van der Waals surface area contributed by atoms with E-state index in [9.17, 15) is 19.0 Å². The number of rotatable bonds is 6. The predicted molar refractivity (Wildman–Crippen MR) is 191 cm³/mol. The summed E-state index contributed by atoms with van der Waals surface area (Å²) in [5.41, 5.74) is 3.36. The molecule has 14 unspecified atom stereocenters. The molecule has 0 radical (unpaired) electrons. The molecule has 0 aliphatic heterocycles. The second-order valence-corrected chi connectivity index (χ2v) is 20.9. The monoisotopic (exact) mass is 694 g/mol. The standard InChI is InChI=1S/C42H63O6P/c1-25(43)33-11-13-35-31-9-7-27-23-29(15-19-39(27,3)37(31)17-21-41(33,35)5)47-49(45,46)48-30-16-20-40(4)28(24-30)8-10-32-36-14-12-34(26(2)44)42(36,6)22-18-38(32)40/h7-8,29-38H,9-24H2,1-6H3,(H,45,46). The molecule has 0 aromatic carbocycles. The molecule has 8 aliphatic carbocycles. The maximum atomic E-state index is 13.6. The Balaban J connectivity index is 0.901. The van der Waals surface area contributed by atoms with E-state index >= 15 is 0 Å². The highest BCUT2D eigenvalue weighted by Crippen LogP contribution is 2.69. The lowest BCUT2D eigenvalue weighted by Gasteiger charge is -2.58. The summed E-state index contributed by atoms with van der Waals surface area (Å²) < 4.78 is 25.7. The Labute approximate surface area is 295 Å². The van der Waals surface area contributed by atoms with Gasteiger partial charge in [0.05, 0.1) is 12.2 Å². The average molecular weight is 695 g/mol. The van der Waals surface area contributed by atoms with Crippen molar-refractivity contribution in [2.24, 2.45) is 69.0 Å². The van der Waals surface area contributed by atoms with Crippen molar-refractivity contribution in [3.05, 3.63) is 23.3 Å². The summed E-state index contributed by atoms with van der Waals surface area (Å²) in [5.74, 6) is 4.97. The summed E-state index contributed by atoms with van der Waals surface area (Å²) in [7, 11) is -4.22. The Morgan fingerprint density at radius 3 is 1.43 bits per heavy atom. The zero-order valence-electron chi connectivity index (χ0n) is 31.2. The van der Waals surface area contributed by atoms with Crippen LogP contribution in [0, 0.1) is 69.0 Å². The summed E-state index contributed by atoms with van der Waals surface area (Å²) in [5, 5.41) is 0. The van der Waals surface area contributed by atoms with E-state index in [4.69, 9.17) is 9.05 Å². The minimum atomic E-state index is -4.22. The van der Waals surface area contributed by atoms with Crippen molar-refractivity contribution in [1.29, 1.82) is 0 Å². The second-order valence-electron chi connectivity index (χ2n) is 19.5. The number of phosphoric ester groups is 1. The fraction of sp³-hybridized carbons (Fsp3) is 0.857. The molecule has 0 heterocycles. The van der Waals surface area contributed by atoms with Gasteiger partial charge in [-0.05, 0) is 174 Å². The zero-order valence-corrected chi connectivity index (χ0v) is 32.1. The van der Waals surface area contributed by atoms with E-state index in [1.807, 2.05) is 0 Å². The van der Waals surface area contributed by atoms with E-state index < -0.39 is 7.82 Å². The largest absolute Gasteiger partial charge is 0.472 e. The van der Waals surface area contributed by atoms with E-state index in [-0.39, 0.29) is 45.7 Å². The topological polar surface area (TPSA) is 89.9 Å². The third kappa shape index (κ3) is 5.36. The molecule has 272 valence electrons. The van der Waals surface area contributed by atoms with Crippen LogP contribution in [0.25, 0.3) is 0 Å². The van der Waals surface area contributed by atoms with Crippen molar-refractivity contribution in [3.8, 4) is 0 Å². The summed E-state index contributed by atoms with van der Waals surface area (Å²) in [6, 6.07) is 0. The second kappa shape index (κ2) is 12.0. The molecule has 8 rings (SSSR count). The molecule has 1 N–H and O–H groups in total. The van der Waals surface area contributed by atoms with Crippen molar-refractivity contribution in [1.82, 2.24) is 0 Å². The zero-order chi connectivity index (χ0) is 34.7. The van der Waals surface area contributed by atoms with Crippen molar-refractivity contribution >= 4 is 19.4 Å². The lowest BCUT2D eigenvalue weighted by Crippen LogP contribution is -2.51. The number of fused-ring (bicyclic) bond motifs is 10. The third-order valence-electron chi connectivity index (χ3n) is 17.7. The van der Waals surface area contributed by atoms with Crippen molar-refractivity contribution in [3.63, 3.8) is 0 Å². The van der Waals surface area contributed by atoms with E-state index in [2.05, 4.69) is 39.8 Å². The SMILES string of the molecule is CC(=O)C1CCC2C3CC=C4CC(OP(=O)(O)OC5CCC6(C)C(=CCC7C6CCC6(C)C(C(C)=O)CCC76)C5)CCC4(C)C3CCC12C. The maximum absolute atomic E-state index is 13.6. The molecule has 0 spiro atoms. The Bertz CT molecular complexity index is 1390. The number of carbonyl (C=O) groups is 2. The molecule has 6 nitrogen and oxygen atoms in total. The van der Waals surface area contributed by atoms with Gasteiger partial charge in [-0.15, -0.1) is 0 Å². The van der Waals surface area contributed by atoms with E-state index in [0.717, 1.165) is 64.2 Å². The molecule has 0 saturated heterocycles. The summed E-state index contributed by atoms with van der Waals surface area (Å²) >= 11 is 0. The van der Waals surface area contributed by atoms with Gasteiger partial charge in [0.15, 0.2) is 0 Å². The number of hydrogen-bond donors (Lipinski definition) is 1. The van der Waals surface area contributed by atoms with Crippen molar-refractivity contribution in [2.75, 3.05) is 0 Å². The first-order chi connectivity index (χ1) is 23.1. The Hall–Kier alpha value is -1.07. The normalized spacial score (nSPS) is 51.4. The first kappa shape index (κ1) is 35.0. The van der Waals surface area contributed by atoms with Gasteiger partial charge in [-0.1, -0.05) is 51.0 Å². The fourth-order valence-corrected chi connectivity index (χ4v) is 16.3. The summed E-state index contributed by atoms with van der Waals surface area (Å²) in [4.78, 5) is 36.2. The minimum Gasteiger partial charge on any atom is -0.302 e. The molecular formula is C42H63O6P. The number of phosphoric acid groups is 1. The Morgan fingerprint density at radius 2 is 1.04 bits per heavy atom. The van der Waals surface area contributed by atoms with Gasteiger partial charge in [0.2, 0.25) is 0 Å². The average Bonchev–Trinajstić information content (AvgIpc) is 3.58. The number of allylic oxidation sites excluding steroid dienone is 2. The van der Waals surface area contributed by atoms with Crippen molar-refractivity contribution < 1.29 is 28.1 Å². The van der Waals surface area contributed by atoms with Gasteiger partial charge < -0.3 is 4.89 Å². The van der Waals surface area contributed by atoms with Crippen LogP contribution >= 0.6 is 7.82 Å². The summed E-state index contributed by atoms with van der Waals surface area (Å²) in [6.07, 6.45) is 20.5. The molecule has 0 bridgehead atoms. The molecule has 0 aromatic heterocycles. The van der Waals surface area contributed by atoms with E-state index in [0.29, 0.717) is 59.9 Å². The fourth-order valence-electron chi connectivity index (χ4n) is 15.2. The quantitative estimate of drug-likeness (QED) is 0.220. The van der Waals surface area contributed by atoms with Crippen LogP contribution in [-0.4, -0.2) is 28.7 Å². The molecule has 6 saturated carbocycles. The molecule has 8 aliphatic rings. The molecular weight excluding hydrogens is 631 g/mol. The Kier molecular flexibility index (Phi) is 8.55. The highest BCUT2D eigenvalue weighted by atomic mass is 31.2. The molecule has 7 heteroatoms. The smallest absolute Gasteiger partial charge is 0.302 e.